The summed E-state index contributed by atoms with van der Waals surface area (Å²) in [5.74, 6) is -0.896. The van der Waals surface area contributed by atoms with Gasteiger partial charge in [-0.25, -0.2) is 4.79 Å². The van der Waals surface area contributed by atoms with Gasteiger partial charge in [-0.3, -0.25) is 14.9 Å². The second-order valence-electron chi connectivity index (χ2n) is 6.54. The fourth-order valence-corrected chi connectivity index (χ4v) is 4.44. The maximum atomic E-state index is 12.4. The summed E-state index contributed by atoms with van der Waals surface area (Å²) < 4.78 is 5.16. The van der Waals surface area contributed by atoms with Gasteiger partial charge in [0.05, 0.1) is 23.3 Å². The van der Waals surface area contributed by atoms with Gasteiger partial charge in [0.25, 0.3) is 11.6 Å². The summed E-state index contributed by atoms with van der Waals surface area (Å²) >= 11 is 1.39. The van der Waals surface area contributed by atoms with E-state index in [0.29, 0.717) is 16.1 Å². The molecule has 158 valence electrons. The third-order valence-electron chi connectivity index (χ3n) is 4.46. The topological polar surface area (TPSA) is 120 Å². The van der Waals surface area contributed by atoms with Crippen molar-refractivity contribution in [2.24, 2.45) is 5.16 Å². The monoisotopic (exact) mass is 431 g/mol. The van der Waals surface area contributed by atoms with Crippen molar-refractivity contribution in [2.45, 2.75) is 32.6 Å². The number of oxime groups is 1. The number of hydrogen-bond donors (Lipinski definition) is 1. The van der Waals surface area contributed by atoms with Crippen molar-refractivity contribution in [1.29, 1.82) is 0 Å². The number of rotatable bonds is 8. The number of ether oxygens (including phenoxy) is 1. The maximum Gasteiger partial charge on any atom is 0.341 e. The molecule has 0 atom stereocenters. The zero-order valence-corrected chi connectivity index (χ0v) is 17.2. The Morgan fingerprint density at radius 3 is 2.90 bits per heavy atom. The molecule has 1 aromatic carbocycles. The van der Waals surface area contributed by atoms with E-state index in [1.54, 1.807) is 13.0 Å². The molecular weight excluding hydrogens is 410 g/mol. The van der Waals surface area contributed by atoms with Gasteiger partial charge in [0.2, 0.25) is 0 Å². The zero-order valence-electron chi connectivity index (χ0n) is 16.4. The number of esters is 1. The Morgan fingerprint density at radius 2 is 2.13 bits per heavy atom. The molecule has 0 unspecified atom stereocenters. The number of anilines is 1. The highest BCUT2D eigenvalue weighted by molar-refractivity contribution is 7.17. The van der Waals surface area contributed by atoms with Gasteiger partial charge in [-0.2, -0.15) is 0 Å². The molecule has 1 heterocycles. The molecule has 0 fully saturated rings. The van der Waals surface area contributed by atoms with Gasteiger partial charge in [0.15, 0.2) is 6.61 Å². The van der Waals surface area contributed by atoms with Crippen LogP contribution in [0.3, 0.4) is 0 Å². The third kappa shape index (κ3) is 5.20. The molecular formula is C20H21N3O6S. The SMILES string of the molecule is CCOC(=O)c1c(NC(=O)CO/N=C\c2cccc([N+](=O)[O-])c2)sc2c1CCCC2. The predicted molar refractivity (Wildman–Crippen MR) is 112 cm³/mol. The van der Waals surface area contributed by atoms with E-state index in [1.807, 2.05) is 0 Å². The van der Waals surface area contributed by atoms with E-state index in [9.17, 15) is 19.7 Å². The fraction of sp³-hybridized carbons (Fsp3) is 0.350. The van der Waals surface area contributed by atoms with E-state index in [-0.39, 0.29) is 18.9 Å². The van der Waals surface area contributed by atoms with Crippen LogP contribution in [0.2, 0.25) is 0 Å². The van der Waals surface area contributed by atoms with Crippen molar-refractivity contribution in [2.75, 3.05) is 18.5 Å². The first kappa shape index (κ1) is 21.4. The Kier molecular flexibility index (Phi) is 7.12. The average molecular weight is 431 g/mol. The van der Waals surface area contributed by atoms with Crippen LogP contribution in [0.5, 0.6) is 0 Å². The Balaban J connectivity index is 1.62. The van der Waals surface area contributed by atoms with E-state index in [2.05, 4.69) is 10.5 Å². The molecule has 0 spiro atoms. The average Bonchev–Trinajstić information content (AvgIpc) is 3.09. The third-order valence-corrected chi connectivity index (χ3v) is 5.66. The van der Waals surface area contributed by atoms with Gasteiger partial charge < -0.3 is 14.9 Å². The van der Waals surface area contributed by atoms with Crippen molar-refractivity contribution in [1.82, 2.24) is 0 Å². The quantitative estimate of drug-likeness (QED) is 0.294. The molecule has 2 aromatic rings. The molecule has 0 bridgehead atoms. The van der Waals surface area contributed by atoms with Crippen molar-refractivity contribution >= 4 is 40.1 Å². The van der Waals surface area contributed by atoms with Gasteiger partial charge in [0, 0.05) is 22.6 Å². The second-order valence-corrected chi connectivity index (χ2v) is 7.65. The van der Waals surface area contributed by atoms with Crippen LogP contribution in [0.1, 0.15) is 46.1 Å². The Hall–Kier alpha value is -3.27. The molecule has 9 nitrogen and oxygen atoms in total. The minimum atomic E-state index is -0.507. The van der Waals surface area contributed by atoms with Crippen LogP contribution < -0.4 is 5.32 Å². The van der Waals surface area contributed by atoms with Crippen molar-refractivity contribution in [3.63, 3.8) is 0 Å². The number of fused-ring (bicyclic) bond motifs is 1. The molecule has 1 aliphatic carbocycles. The van der Waals surface area contributed by atoms with Gasteiger partial charge in [0.1, 0.15) is 5.00 Å². The van der Waals surface area contributed by atoms with Crippen LogP contribution in [0.4, 0.5) is 10.7 Å². The first-order valence-electron chi connectivity index (χ1n) is 9.51. The molecule has 1 aliphatic rings. The van der Waals surface area contributed by atoms with E-state index in [0.717, 1.165) is 36.1 Å². The van der Waals surface area contributed by atoms with Gasteiger partial charge in [-0.05, 0) is 38.2 Å². The smallest absolute Gasteiger partial charge is 0.341 e. The number of nitrogens with zero attached hydrogens (tertiary/aromatic N) is 2. The number of thiophene rings is 1. The maximum absolute atomic E-state index is 12.4. The summed E-state index contributed by atoms with van der Waals surface area (Å²) in [6.45, 7) is 1.63. The normalized spacial score (nSPS) is 13.0. The number of benzene rings is 1. The molecule has 1 aromatic heterocycles. The molecule has 0 saturated carbocycles. The highest BCUT2D eigenvalue weighted by Gasteiger charge is 2.27. The van der Waals surface area contributed by atoms with Crippen LogP contribution in [0.25, 0.3) is 0 Å². The number of nitro benzene ring substituents is 1. The van der Waals surface area contributed by atoms with Crippen molar-refractivity contribution in [3.8, 4) is 0 Å². The van der Waals surface area contributed by atoms with Crippen molar-refractivity contribution < 1.29 is 24.1 Å². The highest BCUT2D eigenvalue weighted by Crippen LogP contribution is 2.38. The fourth-order valence-electron chi connectivity index (χ4n) is 3.15. The molecule has 3 rings (SSSR count). The lowest BCUT2D eigenvalue weighted by Crippen LogP contribution is -2.19. The van der Waals surface area contributed by atoms with Crippen molar-refractivity contribution in [3.05, 3.63) is 55.9 Å². The number of carbonyl (C=O) groups is 2. The van der Waals surface area contributed by atoms with E-state index in [1.165, 1.54) is 35.8 Å². The highest BCUT2D eigenvalue weighted by atomic mass is 32.1. The van der Waals surface area contributed by atoms with E-state index in [4.69, 9.17) is 9.57 Å². The van der Waals surface area contributed by atoms with Crippen LogP contribution in [-0.2, 0) is 27.2 Å². The van der Waals surface area contributed by atoms with E-state index >= 15 is 0 Å². The number of carbonyl (C=O) groups excluding carboxylic acids is 2. The van der Waals surface area contributed by atoms with Crippen LogP contribution in [-0.4, -0.2) is 36.2 Å². The van der Waals surface area contributed by atoms with E-state index < -0.39 is 16.8 Å². The number of aryl methyl sites for hydroxylation is 1. The molecule has 10 heteroatoms. The lowest BCUT2D eigenvalue weighted by Gasteiger charge is -2.12. The summed E-state index contributed by atoms with van der Waals surface area (Å²) in [7, 11) is 0. The molecule has 1 amide bonds. The summed E-state index contributed by atoms with van der Waals surface area (Å²) in [6.07, 6.45) is 5.01. The number of amides is 1. The molecule has 0 aliphatic heterocycles. The second kappa shape index (κ2) is 9.97. The molecule has 1 N–H and O–H groups in total. The van der Waals surface area contributed by atoms with Gasteiger partial charge in [-0.15, -0.1) is 11.3 Å². The number of nitro groups is 1. The lowest BCUT2D eigenvalue weighted by molar-refractivity contribution is -0.384. The zero-order chi connectivity index (χ0) is 21.5. The van der Waals surface area contributed by atoms with Crippen LogP contribution in [0.15, 0.2) is 29.4 Å². The number of non-ortho nitro benzene ring substituents is 1. The molecule has 30 heavy (non-hydrogen) atoms. The predicted octanol–water partition coefficient (Wildman–Crippen LogP) is 3.70. The minimum Gasteiger partial charge on any atom is -0.462 e. The summed E-state index contributed by atoms with van der Waals surface area (Å²) in [5.41, 5.74) is 1.81. The largest absolute Gasteiger partial charge is 0.462 e. The van der Waals surface area contributed by atoms with Gasteiger partial charge >= 0.3 is 5.97 Å². The summed E-state index contributed by atoms with van der Waals surface area (Å²) in [5, 5.41) is 17.6. The Bertz CT molecular complexity index is 985. The van der Waals surface area contributed by atoms with Gasteiger partial charge in [-0.1, -0.05) is 17.3 Å². The van der Waals surface area contributed by atoms with Crippen LogP contribution in [0, 0.1) is 10.1 Å². The first-order valence-corrected chi connectivity index (χ1v) is 10.3. The molecule has 0 radical (unpaired) electrons. The van der Waals surface area contributed by atoms with Crippen LogP contribution >= 0.6 is 11.3 Å². The number of hydrogen-bond acceptors (Lipinski definition) is 8. The standard InChI is InChI=1S/C20H21N3O6S/c1-2-28-20(25)18-15-8-3-4-9-16(15)30-19(18)22-17(24)12-29-21-11-13-6-5-7-14(10-13)23(26)27/h5-7,10-11H,2-4,8-9,12H2,1H3,(H,22,24)/b21-11-. The minimum absolute atomic E-state index is 0.0650. The molecule has 0 saturated heterocycles. The summed E-state index contributed by atoms with van der Waals surface area (Å²) in [4.78, 5) is 41.0. The Labute approximate surface area is 176 Å². The first-order chi connectivity index (χ1) is 14.5. The lowest BCUT2D eigenvalue weighted by atomic mass is 9.95. The number of nitrogens with one attached hydrogen (secondary N) is 1. The summed E-state index contributed by atoms with van der Waals surface area (Å²) in [6, 6.07) is 5.87. The Morgan fingerprint density at radius 1 is 1.33 bits per heavy atom.